The van der Waals surface area contributed by atoms with Crippen LogP contribution in [0, 0.1) is 18.8 Å². The number of hydrogen-bond acceptors (Lipinski definition) is 5. The lowest BCUT2D eigenvalue weighted by Crippen LogP contribution is -2.44. The summed E-state index contributed by atoms with van der Waals surface area (Å²) in [7, 11) is 0. The van der Waals surface area contributed by atoms with Gasteiger partial charge in [-0.05, 0) is 38.5 Å². The minimum Gasteiger partial charge on any atom is -0.381 e. The van der Waals surface area contributed by atoms with Crippen LogP contribution in [0.3, 0.4) is 0 Å². The van der Waals surface area contributed by atoms with Gasteiger partial charge in [-0.3, -0.25) is 14.7 Å². The molecule has 8 nitrogen and oxygen atoms in total. The number of carbonyl (C=O) groups is 2. The monoisotopic (exact) mass is 389 g/mol. The Morgan fingerprint density at radius 1 is 1.18 bits per heavy atom. The van der Waals surface area contributed by atoms with Crippen LogP contribution in [-0.4, -0.2) is 64.2 Å². The fourth-order valence-electron chi connectivity index (χ4n) is 4.79. The molecule has 3 fully saturated rings. The Morgan fingerprint density at radius 3 is 2.61 bits per heavy atom. The maximum absolute atomic E-state index is 12.9. The number of amides is 2. The summed E-state index contributed by atoms with van der Waals surface area (Å²) in [6.45, 7) is 4.25. The average molecular weight is 390 g/mol. The number of likely N-dealkylation sites (tertiary alicyclic amines) is 1. The molecule has 28 heavy (non-hydrogen) atoms. The predicted octanol–water partition coefficient (Wildman–Crippen LogP) is 1.53. The molecule has 0 spiro atoms. The Bertz CT molecular complexity index is 694. The highest BCUT2D eigenvalue weighted by Gasteiger charge is 2.40. The van der Waals surface area contributed by atoms with E-state index in [1.54, 1.807) is 0 Å². The maximum Gasteiger partial charge on any atom is 0.223 e. The SMILES string of the molecule is Cc1nc([C@@H]2CN(C(=O)CC3CCCC3)C[C@H]2NC(=O)C2CCOCC2)n[nH]1. The zero-order valence-corrected chi connectivity index (χ0v) is 16.7. The van der Waals surface area contributed by atoms with Gasteiger partial charge in [0.15, 0.2) is 5.82 Å². The van der Waals surface area contributed by atoms with Gasteiger partial charge in [0.2, 0.25) is 11.8 Å². The van der Waals surface area contributed by atoms with E-state index >= 15 is 0 Å². The number of rotatable bonds is 5. The van der Waals surface area contributed by atoms with Gasteiger partial charge in [0.25, 0.3) is 0 Å². The Kier molecular flexibility index (Phi) is 5.94. The van der Waals surface area contributed by atoms with Crippen LogP contribution in [0.2, 0.25) is 0 Å². The van der Waals surface area contributed by atoms with Gasteiger partial charge in [0.05, 0.1) is 12.0 Å². The number of carbonyl (C=O) groups excluding carboxylic acids is 2. The quantitative estimate of drug-likeness (QED) is 0.795. The Labute approximate surface area is 165 Å². The summed E-state index contributed by atoms with van der Waals surface area (Å²) in [6, 6.07) is -0.141. The van der Waals surface area contributed by atoms with Crippen molar-refractivity contribution in [2.45, 2.75) is 63.8 Å². The summed E-state index contributed by atoms with van der Waals surface area (Å²) in [4.78, 5) is 32.0. The van der Waals surface area contributed by atoms with Gasteiger partial charge in [-0.1, -0.05) is 12.8 Å². The third-order valence-electron chi connectivity index (χ3n) is 6.48. The van der Waals surface area contributed by atoms with E-state index in [9.17, 15) is 9.59 Å². The van der Waals surface area contributed by atoms with Crippen LogP contribution in [0.1, 0.15) is 62.5 Å². The molecule has 4 rings (SSSR count). The molecule has 0 bridgehead atoms. The molecule has 2 N–H and O–H groups in total. The third-order valence-corrected chi connectivity index (χ3v) is 6.48. The maximum atomic E-state index is 12.9. The zero-order valence-electron chi connectivity index (χ0n) is 16.7. The molecule has 2 saturated heterocycles. The first-order valence-corrected chi connectivity index (χ1v) is 10.6. The van der Waals surface area contributed by atoms with Crippen molar-refractivity contribution in [2.75, 3.05) is 26.3 Å². The van der Waals surface area contributed by atoms with Crippen LogP contribution in [0.15, 0.2) is 0 Å². The number of H-pyrrole nitrogens is 1. The fourth-order valence-corrected chi connectivity index (χ4v) is 4.79. The molecule has 2 atom stereocenters. The first kappa shape index (κ1) is 19.4. The van der Waals surface area contributed by atoms with Gasteiger partial charge in [-0.25, -0.2) is 4.98 Å². The molecule has 1 saturated carbocycles. The van der Waals surface area contributed by atoms with Crippen molar-refractivity contribution in [1.29, 1.82) is 0 Å². The highest BCUT2D eigenvalue weighted by molar-refractivity contribution is 5.80. The van der Waals surface area contributed by atoms with Crippen LogP contribution in [-0.2, 0) is 14.3 Å². The van der Waals surface area contributed by atoms with Gasteiger partial charge >= 0.3 is 0 Å². The van der Waals surface area contributed by atoms with Gasteiger partial charge in [0, 0.05) is 38.6 Å². The second kappa shape index (κ2) is 8.59. The standard InChI is InChI=1S/C20H31N5O3/c1-13-21-19(24-23-13)16-11-25(18(26)10-14-4-2-3-5-14)12-17(16)22-20(27)15-6-8-28-9-7-15/h14-17H,2-12H2,1H3,(H,22,27)(H,21,23,24)/t16-,17-/m1/s1. The van der Waals surface area contributed by atoms with Crippen molar-refractivity contribution in [3.63, 3.8) is 0 Å². The van der Waals surface area contributed by atoms with Crippen LogP contribution >= 0.6 is 0 Å². The summed E-state index contributed by atoms with van der Waals surface area (Å²) in [5.74, 6) is 2.15. The lowest BCUT2D eigenvalue weighted by molar-refractivity contribution is -0.132. The minimum absolute atomic E-state index is 0.00785. The molecule has 0 unspecified atom stereocenters. The first-order chi connectivity index (χ1) is 13.6. The third kappa shape index (κ3) is 4.37. The minimum atomic E-state index is -0.141. The smallest absolute Gasteiger partial charge is 0.223 e. The molecule has 0 radical (unpaired) electrons. The number of hydrogen-bond donors (Lipinski definition) is 2. The van der Waals surface area contributed by atoms with Crippen molar-refractivity contribution in [3.8, 4) is 0 Å². The van der Waals surface area contributed by atoms with E-state index in [4.69, 9.17) is 4.74 Å². The largest absolute Gasteiger partial charge is 0.381 e. The number of aryl methyl sites for hydroxylation is 1. The van der Waals surface area contributed by atoms with Crippen molar-refractivity contribution < 1.29 is 14.3 Å². The molecule has 0 aromatic carbocycles. The molecule has 3 heterocycles. The Morgan fingerprint density at radius 2 is 1.93 bits per heavy atom. The van der Waals surface area contributed by atoms with Gasteiger partial charge in [-0.2, -0.15) is 5.10 Å². The van der Waals surface area contributed by atoms with E-state index in [0.717, 1.165) is 31.5 Å². The van der Waals surface area contributed by atoms with E-state index in [2.05, 4.69) is 20.5 Å². The molecule has 2 aliphatic heterocycles. The van der Waals surface area contributed by atoms with E-state index in [1.807, 2.05) is 11.8 Å². The van der Waals surface area contributed by atoms with E-state index in [1.165, 1.54) is 12.8 Å². The number of nitrogens with one attached hydrogen (secondary N) is 2. The second-order valence-electron chi connectivity index (χ2n) is 8.54. The highest BCUT2D eigenvalue weighted by Crippen LogP contribution is 2.31. The Hall–Kier alpha value is -1.96. The van der Waals surface area contributed by atoms with E-state index in [-0.39, 0.29) is 29.7 Å². The Balaban J connectivity index is 1.43. The molecular formula is C20H31N5O3. The fraction of sp³-hybridized carbons (Fsp3) is 0.800. The van der Waals surface area contributed by atoms with Crippen molar-refractivity contribution in [3.05, 3.63) is 11.6 Å². The van der Waals surface area contributed by atoms with Gasteiger partial charge in [0.1, 0.15) is 5.82 Å². The molecule has 1 aliphatic carbocycles. The second-order valence-corrected chi connectivity index (χ2v) is 8.54. The molecule has 2 amide bonds. The summed E-state index contributed by atoms with van der Waals surface area (Å²) in [6.07, 6.45) is 6.93. The average Bonchev–Trinajstić information content (AvgIpc) is 3.44. The summed E-state index contributed by atoms with van der Waals surface area (Å²) < 4.78 is 5.37. The van der Waals surface area contributed by atoms with Crippen LogP contribution in [0.4, 0.5) is 0 Å². The first-order valence-electron chi connectivity index (χ1n) is 10.6. The molecule has 8 heteroatoms. The highest BCUT2D eigenvalue weighted by atomic mass is 16.5. The van der Waals surface area contributed by atoms with Crippen LogP contribution < -0.4 is 5.32 Å². The molecule has 3 aliphatic rings. The van der Waals surface area contributed by atoms with Crippen LogP contribution in [0.5, 0.6) is 0 Å². The van der Waals surface area contributed by atoms with Gasteiger partial charge < -0.3 is 15.0 Å². The molecule has 1 aromatic rings. The summed E-state index contributed by atoms with van der Waals surface area (Å²) in [5, 5.41) is 10.4. The van der Waals surface area contributed by atoms with E-state index < -0.39 is 0 Å². The number of nitrogens with zero attached hydrogens (tertiary/aromatic N) is 3. The van der Waals surface area contributed by atoms with Crippen molar-refractivity contribution in [2.24, 2.45) is 11.8 Å². The predicted molar refractivity (Wildman–Crippen MR) is 102 cm³/mol. The number of aromatic nitrogens is 3. The molecule has 154 valence electrons. The van der Waals surface area contributed by atoms with E-state index in [0.29, 0.717) is 44.5 Å². The van der Waals surface area contributed by atoms with Crippen molar-refractivity contribution >= 4 is 11.8 Å². The summed E-state index contributed by atoms with van der Waals surface area (Å²) in [5.41, 5.74) is 0. The molecule has 1 aromatic heterocycles. The number of aromatic amines is 1. The van der Waals surface area contributed by atoms with Crippen LogP contribution in [0.25, 0.3) is 0 Å². The molecular weight excluding hydrogens is 358 g/mol. The summed E-state index contributed by atoms with van der Waals surface area (Å²) >= 11 is 0. The van der Waals surface area contributed by atoms with Crippen molar-refractivity contribution in [1.82, 2.24) is 25.4 Å². The lowest BCUT2D eigenvalue weighted by Gasteiger charge is -2.25. The topological polar surface area (TPSA) is 100 Å². The number of ether oxygens (including phenoxy) is 1. The van der Waals surface area contributed by atoms with Gasteiger partial charge in [-0.15, -0.1) is 0 Å². The normalized spacial score (nSPS) is 26.7. The lowest BCUT2D eigenvalue weighted by atomic mass is 9.97. The zero-order chi connectivity index (χ0) is 19.5.